The van der Waals surface area contributed by atoms with Crippen LogP contribution in [0, 0.1) is 25.2 Å². The molecule has 29 heavy (non-hydrogen) atoms. The number of nitrogens with one attached hydrogen (secondary N) is 1. The molecule has 0 aliphatic heterocycles. The zero-order chi connectivity index (χ0) is 20.6. The molecule has 0 spiro atoms. The maximum atomic E-state index is 11.7. The lowest BCUT2D eigenvalue weighted by molar-refractivity contribution is -0.120. The third-order valence-electron chi connectivity index (χ3n) is 4.85. The highest BCUT2D eigenvalue weighted by Crippen LogP contribution is 2.28. The number of aryl methyl sites for hydroxylation is 1. The molecule has 1 N–H and O–H groups in total. The van der Waals surface area contributed by atoms with Crippen molar-refractivity contribution in [1.82, 2.24) is 5.32 Å². The van der Waals surface area contributed by atoms with Crippen molar-refractivity contribution in [3.05, 3.63) is 71.3 Å². The Morgan fingerprint density at radius 3 is 2.52 bits per heavy atom. The van der Waals surface area contributed by atoms with Gasteiger partial charge in [-0.15, -0.1) is 0 Å². The molecule has 5 heteroatoms. The van der Waals surface area contributed by atoms with Gasteiger partial charge in [0.25, 0.3) is 0 Å². The molecule has 0 aliphatic rings. The summed E-state index contributed by atoms with van der Waals surface area (Å²) in [6, 6.07) is 19.7. The molecule has 0 fully saturated rings. The molecule has 0 atom stereocenters. The number of benzene rings is 3. The minimum atomic E-state index is -0.301. The van der Waals surface area contributed by atoms with Gasteiger partial charge < -0.3 is 14.8 Å². The van der Waals surface area contributed by atoms with Crippen LogP contribution in [0.4, 0.5) is 0 Å². The van der Waals surface area contributed by atoms with Crippen molar-refractivity contribution in [2.75, 3.05) is 13.2 Å². The molecule has 0 radical (unpaired) electrons. The first kappa shape index (κ1) is 20.2. The predicted molar refractivity (Wildman–Crippen MR) is 113 cm³/mol. The van der Waals surface area contributed by atoms with Gasteiger partial charge in [0.1, 0.15) is 31.1 Å². The second kappa shape index (κ2) is 9.61. The van der Waals surface area contributed by atoms with E-state index in [1.54, 1.807) is 0 Å². The summed E-state index contributed by atoms with van der Waals surface area (Å²) in [5.74, 6) is 1.26. The van der Waals surface area contributed by atoms with Gasteiger partial charge in [0.2, 0.25) is 5.91 Å². The molecule has 0 saturated carbocycles. The fraction of sp³-hybridized carbons (Fsp3) is 0.250. The number of hydrogen-bond acceptors (Lipinski definition) is 4. The van der Waals surface area contributed by atoms with E-state index in [1.807, 2.05) is 61.5 Å². The smallest absolute Gasteiger partial charge is 0.234 e. The molecular weight excluding hydrogens is 364 g/mol. The van der Waals surface area contributed by atoms with Gasteiger partial charge in [-0.1, -0.05) is 42.5 Å². The first-order valence-electron chi connectivity index (χ1n) is 9.56. The van der Waals surface area contributed by atoms with Gasteiger partial charge in [-0.25, -0.2) is 0 Å². The van der Waals surface area contributed by atoms with Crippen LogP contribution in [0.1, 0.15) is 23.1 Å². The summed E-state index contributed by atoms with van der Waals surface area (Å²) in [5, 5.41) is 13.6. The van der Waals surface area contributed by atoms with Crippen LogP contribution in [0.3, 0.4) is 0 Å². The fourth-order valence-electron chi connectivity index (χ4n) is 3.14. The second-order valence-electron chi connectivity index (χ2n) is 6.77. The van der Waals surface area contributed by atoms with Gasteiger partial charge in [0, 0.05) is 12.1 Å². The first-order chi connectivity index (χ1) is 14.1. The van der Waals surface area contributed by atoms with Crippen molar-refractivity contribution in [2.24, 2.45) is 0 Å². The number of nitriles is 1. The molecule has 0 heterocycles. The van der Waals surface area contributed by atoms with E-state index >= 15 is 0 Å². The normalized spacial score (nSPS) is 10.4. The van der Waals surface area contributed by atoms with E-state index in [0.29, 0.717) is 25.5 Å². The summed E-state index contributed by atoms with van der Waals surface area (Å²) in [4.78, 5) is 11.7. The lowest BCUT2D eigenvalue weighted by Gasteiger charge is -2.16. The Morgan fingerprint density at radius 1 is 0.966 bits per heavy atom. The minimum absolute atomic E-state index is 0.162. The maximum Gasteiger partial charge on any atom is 0.234 e. The van der Waals surface area contributed by atoms with Crippen LogP contribution >= 0.6 is 0 Å². The monoisotopic (exact) mass is 388 g/mol. The highest BCUT2D eigenvalue weighted by Gasteiger charge is 2.11. The molecule has 3 aromatic carbocycles. The van der Waals surface area contributed by atoms with Gasteiger partial charge in [-0.3, -0.25) is 4.79 Å². The van der Waals surface area contributed by atoms with Crippen LogP contribution in [0.25, 0.3) is 10.8 Å². The Hall–Kier alpha value is -3.52. The summed E-state index contributed by atoms with van der Waals surface area (Å²) in [6.45, 7) is 5.19. The van der Waals surface area contributed by atoms with Gasteiger partial charge in [-0.05, 0) is 47.9 Å². The van der Waals surface area contributed by atoms with Gasteiger partial charge in [0.15, 0.2) is 0 Å². The Kier molecular flexibility index (Phi) is 6.70. The molecule has 3 aromatic rings. The summed E-state index contributed by atoms with van der Waals surface area (Å²) < 4.78 is 11.9. The SMILES string of the molecule is Cc1cccc(OCCOc2ccc3ccccc3c2CNC(=O)CC#N)c1C. The highest BCUT2D eigenvalue weighted by molar-refractivity contribution is 5.88. The van der Waals surface area contributed by atoms with Crippen LogP contribution in [0.5, 0.6) is 11.5 Å². The number of carbonyl (C=O) groups excluding carboxylic acids is 1. The number of hydrogen-bond donors (Lipinski definition) is 1. The third kappa shape index (κ3) is 5.05. The highest BCUT2D eigenvalue weighted by atomic mass is 16.5. The Morgan fingerprint density at radius 2 is 1.72 bits per heavy atom. The van der Waals surface area contributed by atoms with E-state index in [1.165, 1.54) is 5.56 Å². The lowest BCUT2D eigenvalue weighted by Crippen LogP contribution is -2.22. The molecule has 1 amide bonds. The number of amides is 1. The second-order valence-corrected chi connectivity index (χ2v) is 6.77. The third-order valence-corrected chi connectivity index (χ3v) is 4.85. The summed E-state index contributed by atoms with van der Waals surface area (Å²) in [5.41, 5.74) is 3.20. The van der Waals surface area contributed by atoms with Gasteiger partial charge >= 0.3 is 0 Å². The number of carbonyl (C=O) groups is 1. The molecule has 0 bridgehead atoms. The zero-order valence-corrected chi connectivity index (χ0v) is 16.7. The van der Waals surface area contributed by atoms with Gasteiger partial charge in [-0.2, -0.15) is 5.26 Å². The predicted octanol–water partition coefficient (Wildman–Crippen LogP) is 4.44. The quantitative estimate of drug-likeness (QED) is 0.579. The average Bonchev–Trinajstić information content (AvgIpc) is 2.73. The molecule has 5 nitrogen and oxygen atoms in total. The fourth-order valence-corrected chi connectivity index (χ4v) is 3.14. The summed E-state index contributed by atoms with van der Waals surface area (Å²) in [6.07, 6.45) is -0.162. The minimum Gasteiger partial charge on any atom is -0.490 e. The molecule has 0 saturated heterocycles. The van der Waals surface area contributed by atoms with E-state index in [9.17, 15) is 4.79 Å². The van der Waals surface area contributed by atoms with Crippen molar-refractivity contribution in [3.8, 4) is 17.6 Å². The zero-order valence-electron chi connectivity index (χ0n) is 16.7. The summed E-state index contributed by atoms with van der Waals surface area (Å²) in [7, 11) is 0. The van der Waals surface area contributed by atoms with Crippen LogP contribution in [0.15, 0.2) is 54.6 Å². The average molecular weight is 388 g/mol. The van der Waals surface area contributed by atoms with Crippen molar-refractivity contribution in [1.29, 1.82) is 5.26 Å². The maximum absolute atomic E-state index is 11.7. The Labute approximate surface area is 170 Å². The first-order valence-corrected chi connectivity index (χ1v) is 9.56. The summed E-state index contributed by atoms with van der Waals surface area (Å²) >= 11 is 0. The lowest BCUT2D eigenvalue weighted by atomic mass is 10.0. The van der Waals surface area contributed by atoms with Gasteiger partial charge in [0.05, 0.1) is 6.07 Å². The largest absolute Gasteiger partial charge is 0.490 e. The molecule has 0 unspecified atom stereocenters. The van der Waals surface area contributed by atoms with Crippen LogP contribution in [0.2, 0.25) is 0 Å². The molecule has 148 valence electrons. The number of ether oxygens (including phenoxy) is 2. The number of fused-ring (bicyclic) bond motifs is 1. The van der Waals surface area contributed by atoms with Crippen molar-refractivity contribution < 1.29 is 14.3 Å². The van der Waals surface area contributed by atoms with E-state index in [4.69, 9.17) is 14.7 Å². The van der Waals surface area contributed by atoms with Crippen LogP contribution < -0.4 is 14.8 Å². The van der Waals surface area contributed by atoms with E-state index < -0.39 is 0 Å². The topological polar surface area (TPSA) is 71.3 Å². The van der Waals surface area contributed by atoms with Crippen molar-refractivity contribution >= 4 is 16.7 Å². The van der Waals surface area contributed by atoms with E-state index in [-0.39, 0.29) is 12.3 Å². The number of rotatable bonds is 8. The molecular formula is C24H24N2O3. The Bertz CT molecular complexity index is 1050. The van der Waals surface area contributed by atoms with Crippen LogP contribution in [-0.2, 0) is 11.3 Å². The van der Waals surface area contributed by atoms with E-state index in [0.717, 1.165) is 27.6 Å². The molecule has 0 aromatic heterocycles. The molecule has 0 aliphatic carbocycles. The van der Waals surface area contributed by atoms with Crippen molar-refractivity contribution in [2.45, 2.75) is 26.8 Å². The van der Waals surface area contributed by atoms with Crippen LogP contribution in [-0.4, -0.2) is 19.1 Å². The number of nitrogens with zero attached hydrogens (tertiary/aromatic N) is 1. The van der Waals surface area contributed by atoms with Crippen molar-refractivity contribution in [3.63, 3.8) is 0 Å². The van der Waals surface area contributed by atoms with E-state index in [2.05, 4.69) is 18.3 Å². The molecule has 3 rings (SSSR count). The Balaban J connectivity index is 1.71. The standard InChI is InChI=1S/C24H24N2O3/c1-17-6-5-9-22(18(17)2)28-14-15-29-23-11-10-19-7-3-4-8-20(19)21(23)16-26-24(27)12-13-25/h3-11H,12,14-16H2,1-2H3,(H,26,27).